The molecule has 1 aromatic carbocycles. The van der Waals surface area contributed by atoms with Crippen LogP contribution in [0.5, 0.6) is 0 Å². The third-order valence-electron chi connectivity index (χ3n) is 2.59. The number of carbonyl (C=O) groups is 1. The van der Waals surface area contributed by atoms with E-state index in [1.165, 1.54) is 0 Å². The van der Waals surface area contributed by atoms with Gasteiger partial charge in [-0.2, -0.15) is 0 Å². The molecule has 1 aromatic rings. The summed E-state index contributed by atoms with van der Waals surface area (Å²) in [6.07, 6.45) is 1.84. The van der Waals surface area contributed by atoms with Crippen molar-refractivity contribution < 1.29 is 13.2 Å². The summed E-state index contributed by atoms with van der Waals surface area (Å²) in [6, 6.07) is 7.78. The van der Waals surface area contributed by atoms with E-state index in [9.17, 15) is 13.2 Å². The molecule has 1 amide bonds. The molecule has 0 aliphatic carbocycles. The van der Waals surface area contributed by atoms with Gasteiger partial charge in [0.15, 0.2) is 0 Å². The maximum absolute atomic E-state index is 11.6. The van der Waals surface area contributed by atoms with Crippen molar-refractivity contribution in [2.24, 2.45) is 0 Å². The Bertz CT molecular complexity index is 543. The van der Waals surface area contributed by atoms with Gasteiger partial charge in [0, 0.05) is 23.2 Å². The number of nitrogens with one attached hydrogen (secondary N) is 1. The molecule has 0 radical (unpaired) electrons. The first-order valence-electron chi connectivity index (χ1n) is 5.98. The maximum Gasteiger partial charge on any atom is 0.221 e. The number of rotatable bonds is 6. The third kappa shape index (κ3) is 6.73. The second-order valence-electron chi connectivity index (χ2n) is 4.64. The zero-order chi connectivity index (χ0) is 14.5. The minimum atomic E-state index is -3.09. The van der Waals surface area contributed by atoms with E-state index in [2.05, 4.69) is 21.2 Å². The standard InChI is InChI=1S/C13H18BrNO3S/c1-10(9-11-5-3-4-6-12(11)14)15-13(16)7-8-19(2,17)18/h3-6,10H,7-9H2,1-2H3,(H,15,16)/t10-/m1/s1. The van der Waals surface area contributed by atoms with Gasteiger partial charge in [-0.05, 0) is 25.0 Å². The minimum Gasteiger partial charge on any atom is -0.353 e. The molecule has 1 N–H and O–H groups in total. The molecule has 1 atom stereocenters. The molecule has 0 aliphatic heterocycles. The fourth-order valence-corrected chi connectivity index (χ4v) is 2.67. The predicted molar refractivity (Wildman–Crippen MR) is 79.8 cm³/mol. The first kappa shape index (κ1) is 16.2. The highest BCUT2D eigenvalue weighted by Crippen LogP contribution is 2.17. The fraction of sp³-hybridized carbons (Fsp3) is 0.462. The summed E-state index contributed by atoms with van der Waals surface area (Å²) >= 11 is 3.46. The normalized spacial score (nSPS) is 13.0. The molecule has 0 saturated carbocycles. The number of amides is 1. The molecule has 0 aromatic heterocycles. The molecule has 0 fully saturated rings. The Hall–Kier alpha value is -0.880. The first-order chi connectivity index (χ1) is 8.78. The summed E-state index contributed by atoms with van der Waals surface area (Å²) in [4.78, 5) is 11.6. The lowest BCUT2D eigenvalue weighted by Crippen LogP contribution is -2.35. The maximum atomic E-state index is 11.6. The van der Waals surface area contributed by atoms with Crippen LogP contribution < -0.4 is 5.32 Å². The number of hydrogen-bond donors (Lipinski definition) is 1. The summed E-state index contributed by atoms with van der Waals surface area (Å²) in [5.74, 6) is -0.342. The van der Waals surface area contributed by atoms with Crippen LogP contribution in [0.2, 0.25) is 0 Å². The Morgan fingerprint density at radius 3 is 2.58 bits per heavy atom. The van der Waals surface area contributed by atoms with Crippen molar-refractivity contribution in [1.29, 1.82) is 0 Å². The van der Waals surface area contributed by atoms with Crippen molar-refractivity contribution >= 4 is 31.7 Å². The van der Waals surface area contributed by atoms with Gasteiger partial charge in [0.2, 0.25) is 5.91 Å². The van der Waals surface area contributed by atoms with Crippen molar-refractivity contribution in [2.75, 3.05) is 12.0 Å². The molecule has 4 nitrogen and oxygen atoms in total. The second kappa shape index (κ2) is 7.05. The van der Waals surface area contributed by atoms with Gasteiger partial charge < -0.3 is 5.32 Å². The zero-order valence-electron chi connectivity index (χ0n) is 11.0. The predicted octanol–water partition coefficient (Wildman–Crippen LogP) is 1.93. The van der Waals surface area contributed by atoms with Gasteiger partial charge >= 0.3 is 0 Å². The highest BCUT2D eigenvalue weighted by Gasteiger charge is 2.12. The molecular weight excluding hydrogens is 330 g/mol. The van der Waals surface area contributed by atoms with Gasteiger partial charge in [-0.25, -0.2) is 8.42 Å². The van der Waals surface area contributed by atoms with Gasteiger partial charge in [0.25, 0.3) is 0 Å². The van der Waals surface area contributed by atoms with Gasteiger partial charge in [0.05, 0.1) is 5.75 Å². The van der Waals surface area contributed by atoms with Crippen LogP contribution in [0.4, 0.5) is 0 Å². The van der Waals surface area contributed by atoms with E-state index < -0.39 is 9.84 Å². The molecule has 1 rings (SSSR count). The highest BCUT2D eigenvalue weighted by atomic mass is 79.9. The van der Waals surface area contributed by atoms with E-state index in [4.69, 9.17) is 0 Å². The van der Waals surface area contributed by atoms with E-state index in [1.54, 1.807) is 0 Å². The van der Waals surface area contributed by atoms with E-state index in [-0.39, 0.29) is 24.1 Å². The fourth-order valence-electron chi connectivity index (χ4n) is 1.67. The largest absolute Gasteiger partial charge is 0.353 e. The van der Waals surface area contributed by atoms with Gasteiger partial charge in [0.1, 0.15) is 9.84 Å². The van der Waals surface area contributed by atoms with Crippen LogP contribution in [0.25, 0.3) is 0 Å². The monoisotopic (exact) mass is 347 g/mol. The highest BCUT2D eigenvalue weighted by molar-refractivity contribution is 9.10. The molecule has 0 heterocycles. The van der Waals surface area contributed by atoms with Crippen LogP contribution in [0.3, 0.4) is 0 Å². The molecular formula is C13H18BrNO3S. The zero-order valence-corrected chi connectivity index (χ0v) is 13.4. The molecule has 0 bridgehead atoms. The lowest BCUT2D eigenvalue weighted by molar-refractivity contribution is -0.121. The van der Waals surface area contributed by atoms with E-state index in [0.717, 1.165) is 16.3 Å². The second-order valence-corrected chi connectivity index (χ2v) is 7.76. The van der Waals surface area contributed by atoms with Crippen molar-refractivity contribution in [1.82, 2.24) is 5.32 Å². The van der Waals surface area contributed by atoms with E-state index in [0.29, 0.717) is 6.42 Å². The lowest BCUT2D eigenvalue weighted by atomic mass is 10.1. The Balaban J connectivity index is 2.45. The summed E-state index contributed by atoms with van der Waals surface area (Å²) in [5, 5.41) is 2.80. The van der Waals surface area contributed by atoms with Crippen LogP contribution in [0, 0.1) is 0 Å². The Labute approximate surface area is 122 Å². The minimum absolute atomic E-state index is 0.0130. The molecule has 19 heavy (non-hydrogen) atoms. The lowest BCUT2D eigenvalue weighted by Gasteiger charge is -2.14. The molecule has 0 spiro atoms. The van der Waals surface area contributed by atoms with Crippen LogP contribution in [0.1, 0.15) is 18.9 Å². The Kier molecular flexibility index (Phi) is 6.00. The number of halogens is 1. The average Bonchev–Trinajstić information content (AvgIpc) is 2.29. The van der Waals surface area contributed by atoms with Crippen molar-refractivity contribution in [3.63, 3.8) is 0 Å². The number of benzene rings is 1. The summed E-state index contributed by atoms with van der Waals surface area (Å²) < 4.78 is 22.9. The molecule has 0 aliphatic rings. The SMILES string of the molecule is C[C@H](Cc1ccccc1Br)NC(=O)CCS(C)(=O)=O. The van der Waals surface area contributed by atoms with Gasteiger partial charge in [-0.1, -0.05) is 34.1 Å². The summed E-state index contributed by atoms with van der Waals surface area (Å²) in [7, 11) is -3.09. The van der Waals surface area contributed by atoms with Crippen LogP contribution >= 0.6 is 15.9 Å². The number of hydrogen-bond acceptors (Lipinski definition) is 3. The molecule has 6 heteroatoms. The molecule has 0 saturated heterocycles. The number of sulfone groups is 1. The van der Waals surface area contributed by atoms with E-state index >= 15 is 0 Å². The van der Waals surface area contributed by atoms with Crippen molar-refractivity contribution in [3.8, 4) is 0 Å². The first-order valence-corrected chi connectivity index (χ1v) is 8.84. The van der Waals surface area contributed by atoms with Crippen molar-refractivity contribution in [2.45, 2.75) is 25.8 Å². The molecule has 0 unspecified atom stereocenters. The number of carbonyl (C=O) groups excluding carboxylic acids is 1. The van der Waals surface area contributed by atoms with Crippen LogP contribution in [-0.2, 0) is 21.1 Å². The summed E-state index contributed by atoms with van der Waals surface area (Å²) in [5.41, 5.74) is 1.11. The van der Waals surface area contributed by atoms with Crippen LogP contribution in [-0.4, -0.2) is 32.4 Å². The van der Waals surface area contributed by atoms with Gasteiger partial charge in [-0.15, -0.1) is 0 Å². The van der Waals surface area contributed by atoms with Gasteiger partial charge in [-0.3, -0.25) is 4.79 Å². The van der Waals surface area contributed by atoms with Crippen LogP contribution in [0.15, 0.2) is 28.7 Å². The summed E-state index contributed by atoms with van der Waals surface area (Å²) in [6.45, 7) is 1.90. The van der Waals surface area contributed by atoms with Crippen molar-refractivity contribution in [3.05, 3.63) is 34.3 Å². The Morgan fingerprint density at radius 2 is 2.00 bits per heavy atom. The molecule has 106 valence electrons. The smallest absolute Gasteiger partial charge is 0.221 e. The average molecular weight is 348 g/mol. The van der Waals surface area contributed by atoms with E-state index in [1.807, 2.05) is 31.2 Å². The Morgan fingerprint density at radius 1 is 1.37 bits per heavy atom. The third-order valence-corrected chi connectivity index (χ3v) is 4.31. The quantitative estimate of drug-likeness (QED) is 0.855. The topological polar surface area (TPSA) is 63.2 Å².